The molecule has 2 aliphatic rings. The van der Waals surface area contributed by atoms with Crippen molar-refractivity contribution in [2.24, 2.45) is 0 Å². The van der Waals surface area contributed by atoms with Crippen molar-refractivity contribution in [2.75, 3.05) is 21.0 Å². The Morgan fingerprint density at radius 1 is 0.800 bits per heavy atom. The third-order valence-electron chi connectivity index (χ3n) is 5.13. The van der Waals surface area contributed by atoms with Gasteiger partial charge in [0.05, 0.1) is 14.2 Å². The Bertz CT molecular complexity index is 1010. The second-order valence-electron chi connectivity index (χ2n) is 6.39. The van der Waals surface area contributed by atoms with Gasteiger partial charge in [0.15, 0.2) is 23.0 Å². The largest absolute Gasteiger partial charge is 0.493 e. The fraction of sp³-hybridized carbons (Fsp3) is 0.238. The van der Waals surface area contributed by atoms with Gasteiger partial charge in [0.2, 0.25) is 6.79 Å². The van der Waals surface area contributed by atoms with E-state index in [1.54, 1.807) is 14.2 Å². The van der Waals surface area contributed by atoms with Crippen LogP contribution in [0.2, 0.25) is 0 Å². The fourth-order valence-electron chi connectivity index (χ4n) is 3.91. The molecular formula is C21H18O4. The molecule has 4 heteroatoms. The normalized spacial score (nSPS) is 14.2. The molecule has 0 fully saturated rings. The Balaban J connectivity index is 1.75. The molecule has 3 aromatic rings. The molecule has 25 heavy (non-hydrogen) atoms. The van der Waals surface area contributed by atoms with Gasteiger partial charge in [-0.15, -0.1) is 0 Å². The van der Waals surface area contributed by atoms with Gasteiger partial charge in [0.25, 0.3) is 0 Å². The van der Waals surface area contributed by atoms with E-state index in [1.165, 1.54) is 22.3 Å². The van der Waals surface area contributed by atoms with E-state index in [9.17, 15) is 0 Å². The minimum Gasteiger partial charge on any atom is -0.493 e. The molecule has 0 aromatic heterocycles. The SMILES string of the molecule is COc1ccc2cc3c(cc2c1OC)CCc1cc2c(cc1-3)OCO2. The Labute approximate surface area is 145 Å². The topological polar surface area (TPSA) is 36.9 Å². The molecule has 4 nitrogen and oxygen atoms in total. The summed E-state index contributed by atoms with van der Waals surface area (Å²) in [7, 11) is 3.35. The number of ether oxygens (including phenoxy) is 4. The highest BCUT2D eigenvalue weighted by molar-refractivity contribution is 5.96. The molecule has 1 aliphatic heterocycles. The first-order chi connectivity index (χ1) is 12.3. The fourth-order valence-corrected chi connectivity index (χ4v) is 3.91. The Hall–Kier alpha value is -2.88. The summed E-state index contributed by atoms with van der Waals surface area (Å²) < 4.78 is 22.1. The van der Waals surface area contributed by atoms with Gasteiger partial charge in [-0.25, -0.2) is 0 Å². The maximum atomic E-state index is 5.61. The number of methoxy groups -OCH3 is 2. The van der Waals surface area contributed by atoms with Crippen molar-refractivity contribution in [3.05, 3.63) is 47.5 Å². The van der Waals surface area contributed by atoms with Crippen LogP contribution >= 0.6 is 0 Å². The second-order valence-corrected chi connectivity index (χ2v) is 6.39. The number of benzene rings is 3. The highest BCUT2D eigenvalue weighted by Crippen LogP contribution is 2.45. The van der Waals surface area contributed by atoms with Crippen LogP contribution in [0, 0.1) is 0 Å². The summed E-state index contributed by atoms with van der Waals surface area (Å²) in [5, 5.41) is 2.23. The van der Waals surface area contributed by atoms with Crippen LogP contribution in [-0.2, 0) is 12.8 Å². The summed E-state index contributed by atoms with van der Waals surface area (Å²) in [4.78, 5) is 0. The smallest absolute Gasteiger partial charge is 0.231 e. The lowest BCUT2D eigenvalue weighted by atomic mass is 9.83. The maximum absolute atomic E-state index is 5.61. The first-order valence-corrected chi connectivity index (χ1v) is 8.39. The van der Waals surface area contributed by atoms with E-state index in [1.807, 2.05) is 6.07 Å². The lowest BCUT2D eigenvalue weighted by molar-refractivity contribution is 0.174. The van der Waals surface area contributed by atoms with Gasteiger partial charge < -0.3 is 18.9 Å². The molecule has 0 atom stereocenters. The molecule has 0 saturated carbocycles. The zero-order valence-corrected chi connectivity index (χ0v) is 14.2. The molecule has 0 radical (unpaired) electrons. The van der Waals surface area contributed by atoms with Crippen LogP contribution in [0.25, 0.3) is 21.9 Å². The van der Waals surface area contributed by atoms with Crippen molar-refractivity contribution in [1.82, 2.24) is 0 Å². The minimum atomic E-state index is 0.305. The third kappa shape index (κ3) is 2.07. The number of hydrogen-bond acceptors (Lipinski definition) is 4. The van der Waals surface area contributed by atoms with Crippen LogP contribution in [0.4, 0.5) is 0 Å². The van der Waals surface area contributed by atoms with Crippen LogP contribution in [0.5, 0.6) is 23.0 Å². The second kappa shape index (κ2) is 5.31. The molecule has 0 bridgehead atoms. The molecule has 0 N–H and O–H groups in total. The van der Waals surface area contributed by atoms with E-state index in [0.717, 1.165) is 46.6 Å². The summed E-state index contributed by atoms with van der Waals surface area (Å²) in [5.74, 6) is 3.24. The average Bonchev–Trinajstić information content (AvgIpc) is 3.11. The summed E-state index contributed by atoms with van der Waals surface area (Å²) in [6, 6.07) is 12.8. The lowest BCUT2D eigenvalue weighted by Gasteiger charge is -2.22. The summed E-state index contributed by atoms with van der Waals surface area (Å²) in [6.45, 7) is 0.305. The Kier molecular flexibility index (Phi) is 3.07. The molecule has 0 unspecified atom stereocenters. The van der Waals surface area contributed by atoms with Crippen LogP contribution < -0.4 is 18.9 Å². The Morgan fingerprint density at radius 3 is 2.28 bits per heavy atom. The Morgan fingerprint density at radius 2 is 1.52 bits per heavy atom. The summed E-state index contributed by atoms with van der Waals surface area (Å²) in [6.07, 6.45) is 2.00. The average molecular weight is 334 g/mol. The predicted octanol–water partition coefficient (Wildman–Crippen LogP) is 4.35. The zero-order chi connectivity index (χ0) is 17.0. The predicted molar refractivity (Wildman–Crippen MR) is 96.0 cm³/mol. The standard InChI is InChI=1S/C21H18O4/c1-22-18-6-5-13-7-15-12(8-17(13)21(18)23-2)3-4-14-9-19-20(10-16(14)15)25-11-24-19/h5-10H,3-4,11H2,1-2H3. The zero-order valence-electron chi connectivity index (χ0n) is 14.2. The first-order valence-electron chi connectivity index (χ1n) is 8.39. The molecule has 0 spiro atoms. The van der Waals surface area contributed by atoms with E-state index in [0.29, 0.717) is 6.79 Å². The minimum absolute atomic E-state index is 0.305. The number of aryl methyl sites for hydroxylation is 2. The lowest BCUT2D eigenvalue weighted by Crippen LogP contribution is -2.04. The third-order valence-corrected chi connectivity index (χ3v) is 5.13. The number of rotatable bonds is 2. The van der Waals surface area contributed by atoms with Gasteiger partial charge in [-0.05, 0) is 70.8 Å². The summed E-state index contributed by atoms with van der Waals surface area (Å²) in [5.41, 5.74) is 5.14. The van der Waals surface area contributed by atoms with E-state index in [-0.39, 0.29) is 0 Å². The molecule has 3 aromatic carbocycles. The van der Waals surface area contributed by atoms with Crippen LogP contribution in [0.1, 0.15) is 11.1 Å². The molecule has 1 heterocycles. The van der Waals surface area contributed by atoms with Gasteiger partial charge >= 0.3 is 0 Å². The van der Waals surface area contributed by atoms with E-state index < -0.39 is 0 Å². The monoisotopic (exact) mass is 334 g/mol. The van der Waals surface area contributed by atoms with Gasteiger partial charge in [0.1, 0.15) is 0 Å². The van der Waals surface area contributed by atoms with Crippen molar-refractivity contribution in [2.45, 2.75) is 12.8 Å². The van der Waals surface area contributed by atoms with Gasteiger partial charge in [-0.1, -0.05) is 6.07 Å². The highest BCUT2D eigenvalue weighted by atomic mass is 16.7. The molecule has 0 saturated heterocycles. The summed E-state index contributed by atoms with van der Waals surface area (Å²) >= 11 is 0. The molecular weight excluding hydrogens is 316 g/mol. The van der Waals surface area contributed by atoms with Crippen LogP contribution in [0.3, 0.4) is 0 Å². The van der Waals surface area contributed by atoms with E-state index in [2.05, 4.69) is 30.3 Å². The van der Waals surface area contributed by atoms with Crippen molar-refractivity contribution < 1.29 is 18.9 Å². The van der Waals surface area contributed by atoms with Crippen molar-refractivity contribution >= 4 is 10.8 Å². The maximum Gasteiger partial charge on any atom is 0.231 e. The van der Waals surface area contributed by atoms with Crippen LogP contribution in [-0.4, -0.2) is 21.0 Å². The quantitative estimate of drug-likeness (QED) is 0.698. The molecule has 126 valence electrons. The first kappa shape index (κ1) is 14.5. The molecule has 1 aliphatic carbocycles. The van der Waals surface area contributed by atoms with Gasteiger partial charge in [-0.3, -0.25) is 0 Å². The number of fused-ring (bicyclic) bond motifs is 5. The van der Waals surface area contributed by atoms with E-state index >= 15 is 0 Å². The van der Waals surface area contributed by atoms with Crippen molar-refractivity contribution in [3.63, 3.8) is 0 Å². The molecule has 0 amide bonds. The molecule has 5 rings (SSSR count). The number of hydrogen-bond donors (Lipinski definition) is 0. The highest BCUT2D eigenvalue weighted by Gasteiger charge is 2.23. The van der Waals surface area contributed by atoms with Gasteiger partial charge in [0, 0.05) is 5.39 Å². The van der Waals surface area contributed by atoms with Crippen molar-refractivity contribution in [1.29, 1.82) is 0 Å². The van der Waals surface area contributed by atoms with E-state index in [4.69, 9.17) is 18.9 Å². The van der Waals surface area contributed by atoms with Crippen molar-refractivity contribution in [3.8, 4) is 34.1 Å². The van der Waals surface area contributed by atoms with Gasteiger partial charge in [-0.2, -0.15) is 0 Å². The van der Waals surface area contributed by atoms with Crippen LogP contribution in [0.15, 0.2) is 36.4 Å².